The highest BCUT2D eigenvalue weighted by Crippen LogP contribution is 2.34. The molecule has 0 aromatic carbocycles. The van der Waals surface area contributed by atoms with E-state index in [2.05, 4.69) is 49.7 Å². The summed E-state index contributed by atoms with van der Waals surface area (Å²) in [6.07, 6.45) is 4.14. The van der Waals surface area contributed by atoms with Gasteiger partial charge in [0.25, 0.3) is 0 Å². The Morgan fingerprint density at radius 2 is 1.89 bits per heavy atom. The summed E-state index contributed by atoms with van der Waals surface area (Å²) in [5.74, 6) is 1.50. The predicted molar refractivity (Wildman–Crippen MR) is 79.7 cm³/mol. The highest BCUT2D eigenvalue weighted by Gasteiger charge is 2.27. The van der Waals surface area contributed by atoms with Gasteiger partial charge < -0.3 is 10.1 Å². The molecule has 110 valence electrons. The van der Waals surface area contributed by atoms with Crippen LogP contribution in [0.5, 0.6) is 5.75 Å². The van der Waals surface area contributed by atoms with Gasteiger partial charge in [0.2, 0.25) is 0 Å². The number of hydrogen-bond acceptors (Lipinski definition) is 3. The summed E-state index contributed by atoms with van der Waals surface area (Å²) >= 11 is 0. The van der Waals surface area contributed by atoms with Gasteiger partial charge in [0.15, 0.2) is 5.75 Å². The average Bonchev–Trinajstić information content (AvgIpc) is 2.82. The molecule has 1 N–H and O–H groups in total. The van der Waals surface area contributed by atoms with Crippen LogP contribution >= 0.6 is 0 Å². The van der Waals surface area contributed by atoms with Crippen molar-refractivity contribution in [2.45, 2.75) is 59.5 Å². The van der Waals surface area contributed by atoms with Crippen molar-refractivity contribution in [3.63, 3.8) is 0 Å². The van der Waals surface area contributed by atoms with Crippen molar-refractivity contribution >= 4 is 0 Å². The van der Waals surface area contributed by atoms with E-state index in [0.717, 1.165) is 25.1 Å². The molecule has 1 aromatic heterocycles. The lowest BCUT2D eigenvalue weighted by molar-refractivity contribution is 0.306. The van der Waals surface area contributed by atoms with Crippen molar-refractivity contribution in [2.75, 3.05) is 13.7 Å². The molecule has 0 amide bonds. The summed E-state index contributed by atoms with van der Waals surface area (Å²) in [4.78, 5) is 0. The van der Waals surface area contributed by atoms with Gasteiger partial charge in [0, 0.05) is 6.04 Å². The third kappa shape index (κ3) is 3.50. The van der Waals surface area contributed by atoms with Crippen LogP contribution in [-0.2, 0) is 0 Å². The molecule has 1 atom stereocenters. The van der Waals surface area contributed by atoms with E-state index in [0.29, 0.717) is 18.0 Å². The minimum atomic E-state index is 0.305. The minimum Gasteiger partial charge on any atom is -0.493 e. The van der Waals surface area contributed by atoms with Gasteiger partial charge in [-0.25, -0.2) is 0 Å². The molecule has 19 heavy (non-hydrogen) atoms. The molecular formula is C15H29N3O. The standard InChI is InChI=1S/C15H29N3O/c1-7-12(8-2)14(16-9-3)15-13(19-6)10-17-18(15)11(4)5/h10-12,14,16H,7-9H2,1-6H3. The maximum atomic E-state index is 5.52. The van der Waals surface area contributed by atoms with Crippen molar-refractivity contribution in [1.29, 1.82) is 0 Å². The Labute approximate surface area is 117 Å². The van der Waals surface area contributed by atoms with Crippen LogP contribution in [0.15, 0.2) is 6.20 Å². The third-order valence-electron chi connectivity index (χ3n) is 3.75. The normalized spacial score (nSPS) is 13.3. The highest BCUT2D eigenvalue weighted by atomic mass is 16.5. The second-order valence-corrected chi connectivity index (χ2v) is 5.25. The Balaban J connectivity index is 3.22. The molecule has 0 aliphatic heterocycles. The van der Waals surface area contributed by atoms with Crippen molar-refractivity contribution in [3.05, 3.63) is 11.9 Å². The van der Waals surface area contributed by atoms with Crippen LogP contribution in [0.2, 0.25) is 0 Å². The fourth-order valence-electron chi connectivity index (χ4n) is 2.69. The van der Waals surface area contributed by atoms with E-state index in [1.165, 1.54) is 5.69 Å². The Morgan fingerprint density at radius 3 is 2.32 bits per heavy atom. The third-order valence-corrected chi connectivity index (χ3v) is 3.75. The lowest BCUT2D eigenvalue weighted by Gasteiger charge is -2.28. The Morgan fingerprint density at radius 1 is 1.26 bits per heavy atom. The first-order valence-corrected chi connectivity index (χ1v) is 7.45. The van der Waals surface area contributed by atoms with Crippen molar-refractivity contribution in [2.24, 2.45) is 5.92 Å². The molecule has 0 radical (unpaired) electrons. The maximum Gasteiger partial charge on any atom is 0.161 e. The summed E-state index contributed by atoms with van der Waals surface area (Å²) in [7, 11) is 1.72. The van der Waals surface area contributed by atoms with Crippen molar-refractivity contribution in [3.8, 4) is 5.75 Å². The van der Waals surface area contributed by atoms with Crippen LogP contribution < -0.4 is 10.1 Å². The average molecular weight is 267 g/mol. The summed E-state index contributed by atoms with van der Waals surface area (Å²) in [6, 6.07) is 0.647. The number of methoxy groups -OCH3 is 1. The molecule has 1 heterocycles. The molecule has 0 aliphatic rings. The van der Waals surface area contributed by atoms with Crippen molar-refractivity contribution < 1.29 is 4.74 Å². The highest BCUT2D eigenvalue weighted by molar-refractivity contribution is 5.29. The second kappa shape index (κ2) is 7.53. The van der Waals surface area contributed by atoms with Gasteiger partial charge in [-0.2, -0.15) is 5.10 Å². The minimum absolute atomic E-state index is 0.305. The summed E-state index contributed by atoms with van der Waals surface area (Å²) in [5, 5.41) is 8.11. The first-order chi connectivity index (χ1) is 9.10. The van der Waals surface area contributed by atoms with Crippen LogP contribution in [0.4, 0.5) is 0 Å². The summed E-state index contributed by atoms with van der Waals surface area (Å²) in [6.45, 7) is 11.9. The van der Waals surface area contributed by atoms with Crippen molar-refractivity contribution in [1.82, 2.24) is 15.1 Å². The second-order valence-electron chi connectivity index (χ2n) is 5.25. The lowest BCUT2D eigenvalue weighted by atomic mass is 9.91. The first-order valence-electron chi connectivity index (χ1n) is 7.45. The molecule has 0 saturated heterocycles. The van der Waals surface area contributed by atoms with Gasteiger partial charge in [0.1, 0.15) is 0 Å². The van der Waals surface area contributed by atoms with E-state index in [1.54, 1.807) is 7.11 Å². The summed E-state index contributed by atoms with van der Waals surface area (Å²) < 4.78 is 7.61. The van der Waals surface area contributed by atoms with Crippen LogP contribution in [0, 0.1) is 5.92 Å². The van der Waals surface area contributed by atoms with Crippen LogP contribution in [0.3, 0.4) is 0 Å². The largest absolute Gasteiger partial charge is 0.493 e. The Bertz CT molecular complexity index is 369. The van der Waals surface area contributed by atoms with E-state index in [4.69, 9.17) is 4.74 Å². The smallest absolute Gasteiger partial charge is 0.161 e. The zero-order valence-corrected chi connectivity index (χ0v) is 13.2. The fourth-order valence-corrected chi connectivity index (χ4v) is 2.69. The zero-order valence-electron chi connectivity index (χ0n) is 13.2. The molecule has 1 unspecified atom stereocenters. The van der Waals surface area contributed by atoms with Crippen LogP contribution in [0.25, 0.3) is 0 Å². The molecule has 0 fully saturated rings. The Hall–Kier alpha value is -1.03. The molecule has 0 saturated carbocycles. The molecule has 1 aromatic rings. The van der Waals surface area contributed by atoms with Gasteiger partial charge in [0.05, 0.1) is 25.0 Å². The topological polar surface area (TPSA) is 39.1 Å². The molecule has 4 nitrogen and oxygen atoms in total. The Kier molecular flexibility index (Phi) is 6.35. The molecule has 0 aliphatic carbocycles. The number of nitrogens with zero attached hydrogens (tertiary/aromatic N) is 2. The van der Waals surface area contributed by atoms with E-state index >= 15 is 0 Å². The number of aromatic nitrogens is 2. The van der Waals surface area contributed by atoms with Gasteiger partial charge in [-0.3, -0.25) is 4.68 Å². The number of ether oxygens (including phenoxy) is 1. The van der Waals surface area contributed by atoms with Gasteiger partial charge >= 0.3 is 0 Å². The fraction of sp³-hybridized carbons (Fsp3) is 0.800. The molecule has 1 rings (SSSR count). The molecule has 0 spiro atoms. The van der Waals surface area contributed by atoms with Gasteiger partial charge in [-0.05, 0) is 26.3 Å². The number of hydrogen-bond donors (Lipinski definition) is 1. The van der Waals surface area contributed by atoms with E-state index in [9.17, 15) is 0 Å². The molecule has 4 heteroatoms. The first kappa shape index (κ1) is 16.0. The monoisotopic (exact) mass is 267 g/mol. The van der Waals surface area contributed by atoms with E-state index < -0.39 is 0 Å². The quantitative estimate of drug-likeness (QED) is 0.782. The van der Waals surface area contributed by atoms with E-state index in [-0.39, 0.29) is 0 Å². The maximum absolute atomic E-state index is 5.52. The number of nitrogens with one attached hydrogen (secondary N) is 1. The molecular weight excluding hydrogens is 238 g/mol. The van der Waals surface area contributed by atoms with Gasteiger partial charge in [-0.1, -0.05) is 33.6 Å². The lowest BCUT2D eigenvalue weighted by Crippen LogP contribution is -2.30. The van der Waals surface area contributed by atoms with Crippen LogP contribution in [0.1, 0.15) is 65.2 Å². The van der Waals surface area contributed by atoms with E-state index in [1.807, 2.05) is 6.20 Å². The molecule has 0 bridgehead atoms. The predicted octanol–water partition coefficient (Wildman–Crippen LogP) is 3.56. The zero-order chi connectivity index (χ0) is 14.4. The number of rotatable bonds is 8. The van der Waals surface area contributed by atoms with Gasteiger partial charge in [-0.15, -0.1) is 0 Å². The van der Waals surface area contributed by atoms with Crippen LogP contribution in [-0.4, -0.2) is 23.4 Å². The SMILES string of the molecule is CCNC(c1c(OC)cnn1C(C)C)C(CC)CC. The summed E-state index contributed by atoms with van der Waals surface area (Å²) in [5.41, 5.74) is 1.19.